The second-order valence-electron chi connectivity index (χ2n) is 14.8. The number of carboxylic acids is 2. The number of hydrogen-bond acceptors (Lipinski definition) is 10. The maximum atomic E-state index is 14.6. The van der Waals surface area contributed by atoms with Gasteiger partial charge in [0.1, 0.15) is 27.5 Å². The van der Waals surface area contributed by atoms with Gasteiger partial charge in [0, 0.05) is 20.9 Å². The number of ether oxygens (including phenoxy) is 1. The van der Waals surface area contributed by atoms with Crippen molar-refractivity contribution < 1.29 is 55.3 Å². The van der Waals surface area contributed by atoms with Crippen molar-refractivity contribution in [2.45, 2.75) is 69.9 Å². The fourth-order valence-corrected chi connectivity index (χ4v) is 9.56. The van der Waals surface area contributed by atoms with Gasteiger partial charge in [-0.15, -0.1) is 22.7 Å². The third-order valence-electron chi connectivity index (χ3n) is 10.4. The molecular formula is C43H32F6N4O6S2. The molecule has 2 N–H and O–H groups in total. The van der Waals surface area contributed by atoms with E-state index in [4.69, 9.17) is 9.15 Å². The predicted octanol–water partition coefficient (Wildman–Crippen LogP) is 10.6. The lowest BCUT2D eigenvalue weighted by atomic mass is 9.85. The number of carboxylic acid groups (broad SMARTS) is 2. The number of benzene rings is 3. The molecule has 3 aromatic heterocycles. The van der Waals surface area contributed by atoms with Gasteiger partial charge in [0.15, 0.2) is 17.1 Å². The van der Waals surface area contributed by atoms with Crippen LogP contribution >= 0.6 is 22.7 Å². The molecule has 0 spiro atoms. The van der Waals surface area contributed by atoms with Crippen molar-refractivity contribution in [1.29, 1.82) is 0 Å². The monoisotopic (exact) mass is 878 g/mol. The Labute approximate surface area is 350 Å². The van der Waals surface area contributed by atoms with Crippen molar-refractivity contribution in [3.8, 4) is 21.1 Å². The van der Waals surface area contributed by atoms with Gasteiger partial charge in [-0.1, -0.05) is 36.4 Å². The molecule has 6 aromatic rings. The molecule has 314 valence electrons. The molecule has 10 nitrogen and oxygen atoms in total. The highest BCUT2D eigenvalue weighted by atomic mass is 32.1. The number of oxazole rings is 1. The van der Waals surface area contributed by atoms with Crippen molar-refractivity contribution in [1.82, 2.24) is 15.0 Å². The van der Waals surface area contributed by atoms with Crippen molar-refractivity contribution in [2.75, 3.05) is 0 Å². The highest BCUT2D eigenvalue weighted by molar-refractivity contribution is 7.15. The number of carbonyl (C=O) groups is 2. The van der Waals surface area contributed by atoms with Crippen LogP contribution in [0.25, 0.3) is 32.2 Å². The van der Waals surface area contributed by atoms with Crippen molar-refractivity contribution >= 4 is 51.6 Å². The summed E-state index contributed by atoms with van der Waals surface area (Å²) in [5.74, 6) is -3.74. The predicted molar refractivity (Wildman–Crippen MR) is 215 cm³/mol. The van der Waals surface area contributed by atoms with E-state index >= 15 is 0 Å². The van der Waals surface area contributed by atoms with Gasteiger partial charge in [0.25, 0.3) is 0 Å². The first-order chi connectivity index (χ1) is 28.8. The quantitative estimate of drug-likeness (QED) is 0.121. The molecule has 4 heterocycles. The average molecular weight is 879 g/mol. The summed E-state index contributed by atoms with van der Waals surface area (Å²) < 4.78 is 95.1. The fourth-order valence-electron chi connectivity index (χ4n) is 7.45. The Hall–Kier alpha value is -6.14. The van der Waals surface area contributed by atoms with Crippen LogP contribution in [0.15, 0.2) is 93.9 Å². The van der Waals surface area contributed by atoms with E-state index in [-0.39, 0.29) is 47.4 Å². The van der Waals surface area contributed by atoms with Crippen LogP contribution in [-0.2, 0) is 39.5 Å². The molecule has 2 aliphatic rings. The summed E-state index contributed by atoms with van der Waals surface area (Å²) in [6, 6.07) is 11.6. The van der Waals surface area contributed by atoms with Crippen LogP contribution < -0.4 is 0 Å². The molecule has 0 saturated carbocycles. The largest absolute Gasteiger partial charge is 0.481 e. The van der Waals surface area contributed by atoms with E-state index in [1.165, 1.54) is 65.1 Å². The Morgan fingerprint density at radius 2 is 1.49 bits per heavy atom. The summed E-state index contributed by atoms with van der Waals surface area (Å²) in [4.78, 5) is 44.2. The smallest absolute Gasteiger partial charge is 0.416 e. The maximum absolute atomic E-state index is 14.6. The lowest BCUT2D eigenvalue weighted by Gasteiger charge is -2.29. The average Bonchev–Trinajstić information content (AvgIpc) is 3.94. The Morgan fingerprint density at radius 3 is 2.13 bits per heavy atom. The van der Waals surface area contributed by atoms with Gasteiger partial charge in [0.2, 0.25) is 5.89 Å². The van der Waals surface area contributed by atoms with E-state index in [1.54, 1.807) is 26.0 Å². The van der Waals surface area contributed by atoms with Gasteiger partial charge in [0.05, 0.1) is 41.8 Å². The van der Waals surface area contributed by atoms with Crippen LogP contribution in [0.4, 0.5) is 26.3 Å². The molecule has 0 bridgehead atoms. The number of halogens is 6. The second kappa shape index (κ2) is 15.4. The Bertz CT molecular complexity index is 2820. The third kappa shape index (κ3) is 8.33. The number of aliphatic imine (C=N–C) groups is 1. The molecule has 0 amide bonds. The standard InChI is InChI=1S/C43H32F6N4O6S2/c1-20-31(60-38(50-20)22-6-10-26(11-7-22)42(44,45)46)18-33-52-29-16-23(9-13-30(29)58-33)36(40(56)57)27-15-25(8-12-28(27)43(47,48)49)39-51-21(2)32(61-39)19-34-53-37-24(17-35(54)55)5-4-14-41(37,3)59-34/h4-16,36-37H,17-19H2,1-3H3,(H,54,55)(H,56,57). The molecular weight excluding hydrogens is 847 g/mol. The van der Waals surface area contributed by atoms with Crippen molar-refractivity contribution in [3.05, 3.63) is 134 Å². The van der Waals surface area contributed by atoms with Crippen molar-refractivity contribution in [3.63, 3.8) is 0 Å². The molecule has 3 unspecified atom stereocenters. The topological polar surface area (TPSA) is 148 Å². The van der Waals surface area contributed by atoms with Gasteiger partial charge in [-0.3, -0.25) is 9.59 Å². The van der Waals surface area contributed by atoms with Crippen LogP contribution in [-0.4, -0.2) is 54.6 Å². The highest BCUT2D eigenvalue weighted by Gasteiger charge is 2.44. The van der Waals surface area contributed by atoms with E-state index in [0.717, 1.165) is 18.2 Å². The zero-order chi connectivity index (χ0) is 43.6. The molecule has 3 aromatic carbocycles. The van der Waals surface area contributed by atoms with Gasteiger partial charge < -0.3 is 19.4 Å². The highest BCUT2D eigenvalue weighted by Crippen LogP contribution is 2.43. The summed E-state index contributed by atoms with van der Waals surface area (Å²) in [7, 11) is 0. The minimum atomic E-state index is -4.91. The number of hydrogen-bond donors (Lipinski definition) is 2. The number of alkyl halides is 6. The fraction of sp³-hybridized carbons (Fsp3) is 0.256. The molecule has 0 fully saturated rings. The van der Waals surface area contributed by atoms with E-state index in [0.29, 0.717) is 48.2 Å². The Kier molecular flexibility index (Phi) is 10.5. The molecule has 3 atom stereocenters. The lowest BCUT2D eigenvalue weighted by molar-refractivity contribution is -0.141. The minimum Gasteiger partial charge on any atom is -0.481 e. The summed E-state index contributed by atoms with van der Waals surface area (Å²) in [6.45, 7) is 5.27. The first-order valence-corrected chi connectivity index (χ1v) is 20.2. The summed E-state index contributed by atoms with van der Waals surface area (Å²) in [6.07, 6.45) is -4.01. The lowest BCUT2D eigenvalue weighted by Crippen LogP contribution is -2.38. The SMILES string of the molecule is Cc1nc(-c2ccc(C(F)(F)F)c(C(C(=O)O)c3ccc4oc(Cc5sc(-c6ccc(C(F)(F)F)cc6)nc5C)nc4c3)c2)sc1CC1=NC2C(CC(=O)O)=CC=CC2(C)O1. The third-order valence-corrected chi connectivity index (χ3v) is 12.8. The Balaban J connectivity index is 1.07. The van der Waals surface area contributed by atoms with Gasteiger partial charge >= 0.3 is 24.3 Å². The van der Waals surface area contributed by atoms with E-state index in [2.05, 4.69) is 19.9 Å². The number of fused-ring (bicyclic) bond motifs is 2. The molecule has 61 heavy (non-hydrogen) atoms. The number of thiazole rings is 2. The molecule has 1 aliphatic carbocycles. The zero-order valence-electron chi connectivity index (χ0n) is 32.2. The van der Waals surface area contributed by atoms with Gasteiger partial charge in [-0.05, 0) is 79.9 Å². The van der Waals surface area contributed by atoms with E-state index in [1.807, 2.05) is 13.0 Å². The molecule has 8 rings (SSSR count). The number of allylic oxidation sites excluding steroid dienone is 2. The number of aromatic nitrogens is 3. The first-order valence-electron chi connectivity index (χ1n) is 18.6. The minimum absolute atomic E-state index is 0.0220. The number of aliphatic carboxylic acids is 2. The summed E-state index contributed by atoms with van der Waals surface area (Å²) in [5, 5.41) is 20.7. The summed E-state index contributed by atoms with van der Waals surface area (Å²) in [5.41, 5.74) is -0.300. The van der Waals surface area contributed by atoms with E-state index in [9.17, 15) is 46.1 Å². The van der Waals surface area contributed by atoms with Crippen LogP contribution in [0.5, 0.6) is 0 Å². The summed E-state index contributed by atoms with van der Waals surface area (Å²) >= 11 is 2.44. The Morgan fingerprint density at radius 1 is 0.836 bits per heavy atom. The maximum Gasteiger partial charge on any atom is 0.416 e. The molecule has 1 aliphatic heterocycles. The van der Waals surface area contributed by atoms with E-state index < -0.39 is 58.5 Å². The molecule has 0 radical (unpaired) electrons. The number of rotatable bonds is 11. The molecule has 0 saturated heterocycles. The van der Waals surface area contributed by atoms with Gasteiger partial charge in [-0.25, -0.2) is 19.9 Å². The van der Waals surface area contributed by atoms with Crippen LogP contribution in [0, 0.1) is 13.8 Å². The van der Waals surface area contributed by atoms with Crippen LogP contribution in [0.3, 0.4) is 0 Å². The first kappa shape index (κ1) is 41.6. The zero-order valence-corrected chi connectivity index (χ0v) is 33.8. The van der Waals surface area contributed by atoms with Crippen LogP contribution in [0.2, 0.25) is 0 Å². The normalized spacial score (nSPS) is 18.1. The number of nitrogens with zero attached hydrogens (tertiary/aromatic N) is 4. The second-order valence-corrected chi connectivity index (χ2v) is 16.9. The van der Waals surface area contributed by atoms with Crippen molar-refractivity contribution in [2.24, 2.45) is 4.99 Å². The van der Waals surface area contributed by atoms with Crippen LogP contribution in [0.1, 0.15) is 68.5 Å². The van der Waals surface area contributed by atoms with Gasteiger partial charge in [-0.2, -0.15) is 26.3 Å². The number of aryl methyl sites for hydroxylation is 2. The molecule has 18 heteroatoms.